The van der Waals surface area contributed by atoms with Crippen LogP contribution >= 0.6 is 11.6 Å². The van der Waals surface area contributed by atoms with Crippen LogP contribution < -0.4 is 9.99 Å². The van der Waals surface area contributed by atoms with E-state index >= 15 is 0 Å². The molecule has 0 aliphatic carbocycles. The molecule has 1 unspecified atom stereocenters. The van der Waals surface area contributed by atoms with Crippen molar-refractivity contribution in [2.45, 2.75) is 90.6 Å². The first-order chi connectivity index (χ1) is 18.2. The van der Waals surface area contributed by atoms with Crippen LogP contribution in [0, 0.1) is 0 Å². The van der Waals surface area contributed by atoms with Crippen LogP contribution in [-0.2, 0) is 34.6 Å². The molecule has 4 heterocycles. The van der Waals surface area contributed by atoms with Crippen molar-refractivity contribution in [2.24, 2.45) is 0 Å². The van der Waals surface area contributed by atoms with E-state index in [9.17, 15) is 14.7 Å². The van der Waals surface area contributed by atoms with Crippen LogP contribution in [0.3, 0.4) is 0 Å². The minimum atomic E-state index is -2.03. The standard InChI is InChI=1S/C29H35ClN2O6Si/c1-8-17-18-12-16(38-39(6,7)28(3,4)5)10-11-22(18)31-24-19(17)14-32-23(24)13-21-20(25(32)33)15-36-26(34)29(21,9-2)37-27(30)35/h10-13,26,34H,8-9,14-15H2,1-7H3/t26?,29-/m0/s1. The van der Waals surface area contributed by atoms with E-state index in [-0.39, 0.29) is 23.6 Å². The summed E-state index contributed by atoms with van der Waals surface area (Å²) in [4.78, 5) is 30.6. The monoisotopic (exact) mass is 570 g/mol. The molecule has 2 aliphatic rings. The molecule has 208 valence electrons. The van der Waals surface area contributed by atoms with E-state index in [4.69, 9.17) is 30.5 Å². The molecule has 0 saturated heterocycles. The molecule has 2 aliphatic heterocycles. The summed E-state index contributed by atoms with van der Waals surface area (Å²) in [6, 6.07) is 7.81. The number of fused-ring (bicyclic) bond motifs is 5. The highest BCUT2D eigenvalue weighted by Crippen LogP contribution is 2.44. The SMILES string of the molecule is CCc1c2c(nc3ccc(O[Si](C)(C)C(C)(C)C)cc13)-c1cc3c(c(=O)n1C2)COC(O)[C@@]3(CC)OC(=O)Cl. The summed E-state index contributed by atoms with van der Waals surface area (Å²) in [7, 11) is -2.03. The summed E-state index contributed by atoms with van der Waals surface area (Å²) in [5.41, 5.74) is 2.03. The molecule has 0 saturated carbocycles. The second-order valence-corrected chi connectivity index (χ2v) is 16.9. The minimum Gasteiger partial charge on any atom is -0.543 e. The lowest BCUT2D eigenvalue weighted by molar-refractivity contribution is -0.233. The van der Waals surface area contributed by atoms with Gasteiger partial charge in [0.1, 0.15) is 5.75 Å². The Kier molecular flexibility index (Phi) is 6.73. The number of aliphatic hydroxyl groups is 1. The number of aliphatic hydroxyl groups excluding tert-OH is 1. The van der Waals surface area contributed by atoms with Crippen molar-refractivity contribution in [3.05, 3.63) is 56.9 Å². The zero-order valence-electron chi connectivity index (χ0n) is 23.5. The lowest BCUT2D eigenvalue weighted by atomic mass is 9.85. The summed E-state index contributed by atoms with van der Waals surface area (Å²) < 4.78 is 19.2. The molecule has 10 heteroatoms. The second-order valence-electron chi connectivity index (χ2n) is 11.9. The van der Waals surface area contributed by atoms with Gasteiger partial charge >= 0.3 is 5.43 Å². The van der Waals surface area contributed by atoms with Crippen molar-refractivity contribution >= 4 is 36.2 Å². The number of hydrogen-bond acceptors (Lipinski definition) is 7. The fourth-order valence-corrected chi connectivity index (χ4v) is 6.64. The van der Waals surface area contributed by atoms with Crippen molar-refractivity contribution in [3.63, 3.8) is 0 Å². The Balaban J connectivity index is 1.69. The molecule has 1 N–H and O–H groups in total. The molecule has 3 aromatic rings. The van der Waals surface area contributed by atoms with Gasteiger partial charge in [0.15, 0.2) is 11.9 Å². The normalized spacial score (nSPS) is 20.4. The molecule has 0 spiro atoms. The summed E-state index contributed by atoms with van der Waals surface area (Å²) in [5, 5.41) is 11.8. The molecule has 2 aromatic heterocycles. The number of pyridine rings is 2. The molecule has 39 heavy (non-hydrogen) atoms. The average molecular weight is 571 g/mol. The zero-order chi connectivity index (χ0) is 28.5. The fraction of sp³-hybridized carbons (Fsp3) is 0.483. The topological polar surface area (TPSA) is 99.9 Å². The molecule has 5 rings (SSSR count). The lowest BCUT2D eigenvalue weighted by Crippen LogP contribution is -2.49. The zero-order valence-corrected chi connectivity index (χ0v) is 25.2. The van der Waals surface area contributed by atoms with Crippen LogP contribution in [0.1, 0.15) is 63.3 Å². The van der Waals surface area contributed by atoms with E-state index in [0.29, 0.717) is 29.1 Å². The van der Waals surface area contributed by atoms with Gasteiger partial charge in [0, 0.05) is 28.1 Å². The van der Waals surface area contributed by atoms with Gasteiger partial charge in [-0.15, -0.1) is 0 Å². The van der Waals surface area contributed by atoms with E-state index in [1.54, 1.807) is 17.6 Å². The van der Waals surface area contributed by atoms with Gasteiger partial charge in [-0.1, -0.05) is 34.6 Å². The summed E-state index contributed by atoms with van der Waals surface area (Å²) in [6.07, 6.45) is -0.550. The van der Waals surface area contributed by atoms with E-state index in [0.717, 1.165) is 34.2 Å². The van der Waals surface area contributed by atoms with Crippen LogP contribution in [0.4, 0.5) is 4.79 Å². The van der Waals surface area contributed by atoms with Crippen molar-refractivity contribution < 1.29 is 23.8 Å². The Morgan fingerprint density at radius 2 is 1.97 bits per heavy atom. The maximum atomic E-state index is 13.8. The van der Waals surface area contributed by atoms with Crippen LogP contribution in [0.25, 0.3) is 22.3 Å². The molecule has 0 amide bonds. The Morgan fingerprint density at radius 3 is 2.59 bits per heavy atom. The van der Waals surface area contributed by atoms with Gasteiger partial charge in [0.2, 0.25) is 8.32 Å². The van der Waals surface area contributed by atoms with Crippen molar-refractivity contribution in [3.8, 4) is 17.1 Å². The number of aromatic nitrogens is 2. The maximum absolute atomic E-state index is 13.8. The first kappa shape index (κ1) is 27.8. The van der Waals surface area contributed by atoms with Crippen molar-refractivity contribution in [2.75, 3.05) is 0 Å². The first-order valence-corrected chi connectivity index (χ1v) is 16.6. The van der Waals surface area contributed by atoms with Gasteiger partial charge in [0.25, 0.3) is 5.56 Å². The van der Waals surface area contributed by atoms with Gasteiger partial charge in [-0.05, 0) is 60.8 Å². The number of rotatable bonds is 5. The third kappa shape index (κ3) is 4.30. The third-order valence-electron chi connectivity index (χ3n) is 8.70. The number of nitrogens with zero attached hydrogens (tertiary/aromatic N) is 2. The number of hydrogen-bond donors (Lipinski definition) is 1. The van der Waals surface area contributed by atoms with Gasteiger partial charge in [-0.25, -0.2) is 9.78 Å². The highest BCUT2D eigenvalue weighted by molar-refractivity contribution is 6.74. The van der Waals surface area contributed by atoms with Gasteiger partial charge in [-0.2, -0.15) is 0 Å². The second kappa shape index (κ2) is 9.44. The molecule has 2 atom stereocenters. The number of benzene rings is 1. The Labute approximate surface area is 234 Å². The molecule has 0 bridgehead atoms. The molecular weight excluding hydrogens is 536 g/mol. The molecule has 8 nitrogen and oxygen atoms in total. The smallest absolute Gasteiger partial charge is 0.404 e. The van der Waals surface area contributed by atoms with Crippen molar-refractivity contribution in [1.82, 2.24) is 9.55 Å². The average Bonchev–Trinajstić information content (AvgIpc) is 3.22. The Hall–Kier alpha value is -2.72. The molecule has 0 fully saturated rings. The van der Waals surface area contributed by atoms with Gasteiger partial charge in [0.05, 0.1) is 35.6 Å². The van der Waals surface area contributed by atoms with Gasteiger partial charge < -0.3 is 23.6 Å². The Bertz CT molecular complexity index is 1560. The van der Waals surface area contributed by atoms with Crippen LogP contribution in [0.2, 0.25) is 18.1 Å². The predicted molar refractivity (Wildman–Crippen MR) is 153 cm³/mol. The number of ether oxygens (including phenoxy) is 2. The minimum absolute atomic E-state index is 0.0659. The van der Waals surface area contributed by atoms with E-state index in [1.807, 2.05) is 12.1 Å². The number of aryl methyl sites for hydroxylation is 1. The number of carbonyl (C=O) groups is 1. The summed E-state index contributed by atoms with van der Waals surface area (Å²) >= 11 is 5.60. The third-order valence-corrected chi connectivity index (χ3v) is 13.1. The highest BCUT2D eigenvalue weighted by atomic mass is 35.5. The quantitative estimate of drug-likeness (QED) is 0.225. The highest BCUT2D eigenvalue weighted by Gasteiger charge is 2.49. The summed E-state index contributed by atoms with van der Waals surface area (Å²) in [5.74, 6) is 0.829. The molecule has 0 radical (unpaired) electrons. The van der Waals surface area contributed by atoms with Crippen LogP contribution in [0.15, 0.2) is 29.1 Å². The number of carbonyl (C=O) groups excluding carboxylic acids is 1. The largest absolute Gasteiger partial charge is 0.543 e. The van der Waals surface area contributed by atoms with Gasteiger partial charge in [-0.3, -0.25) is 4.79 Å². The van der Waals surface area contributed by atoms with E-state index in [2.05, 4.69) is 46.9 Å². The van der Waals surface area contributed by atoms with E-state index in [1.165, 1.54) is 0 Å². The van der Waals surface area contributed by atoms with Crippen LogP contribution in [-0.4, -0.2) is 34.7 Å². The lowest BCUT2D eigenvalue weighted by Gasteiger charge is -2.40. The maximum Gasteiger partial charge on any atom is 0.404 e. The van der Waals surface area contributed by atoms with E-state index < -0.39 is 25.6 Å². The predicted octanol–water partition coefficient (Wildman–Crippen LogP) is 6.20. The molecular formula is C29H35ClN2O6Si. The first-order valence-electron chi connectivity index (χ1n) is 13.3. The number of halogens is 1. The Morgan fingerprint density at radius 1 is 1.26 bits per heavy atom. The summed E-state index contributed by atoms with van der Waals surface area (Å²) in [6.45, 7) is 15.2. The van der Waals surface area contributed by atoms with Crippen LogP contribution in [0.5, 0.6) is 5.75 Å². The van der Waals surface area contributed by atoms with Crippen molar-refractivity contribution in [1.29, 1.82) is 0 Å². The fourth-order valence-electron chi connectivity index (χ4n) is 5.48. The molecule has 1 aromatic carbocycles.